The molecule has 4 heteroatoms. The number of nitrogens with one attached hydrogen (secondary N) is 1. The lowest BCUT2D eigenvalue weighted by Gasteiger charge is -2.05. The first-order valence-corrected chi connectivity index (χ1v) is 5.20. The largest absolute Gasteiger partial charge is 0.447 e. The number of ether oxygens (including phenoxy) is 2. The second-order valence-corrected chi connectivity index (χ2v) is 3.12. The summed E-state index contributed by atoms with van der Waals surface area (Å²) in [5.41, 5.74) is 0. The van der Waals surface area contributed by atoms with Gasteiger partial charge in [-0.3, -0.25) is 0 Å². The molecule has 1 N–H and O–H groups in total. The van der Waals surface area contributed by atoms with Crippen molar-refractivity contribution in [2.24, 2.45) is 0 Å². The molecular formula is C10H21NO3. The van der Waals surface area contributed by atoms with E-state index < -0.39 is 0 Å². The fourth-order valence-electron chi connectivity index (χ4n) is 1.01. The number of amides is 1. The van der Waals surface area contributed by atoms with Gasteiger partial charge in [0.1, 0.15) is 6.61 Å². The summed E-state index contributed by atoms with van der Waals surface area (Å²) in [6, 6.07) is 0. The van der Waals surface area contributed by atoms with E-state index in [1.807, 2.05) is 0 Å². The molecule has 0 heterocycles. The van der Waals surface area contributed by atoms with Crippen LogP contribution in [0.25, 0.3) is 0 Å². The van der Waals surface area contributed by atoms with E-state index in [1.54, 1.807) is 7.11 Å². The zero-order valence-electron chi connectivity index (χ0n) is 9.17. The summed E-state index contributed by atoms with van der Waals surface area (Å²) in [5, 5.41) is 2.68. The standard InChI is InChI=1S/C10H21NO3/c1-3-4-5-6-7-11-10(12)14-9-8-13-2/h3-9H2,1-2H3,(H,11,12). The zero-order valence-corrected chi connectivity index (χ0v) is 9.17. The molecule has 14 heavy (non-hydrogen) atoms. The van der Waals surface area contributed by atoms with Gasteiger partial charge in [0, 0.05) is 13.7 Å². The predicted molar refractivity (Wildman–Crippen MR) is 55.4 cm³/mol. The molecule has 0 aromatic heterocycles. The third-order valence-corrected chi connectivity index (χ3v) is 1.82. The van der Waals surface area contributed by atoms with Gasteiger partial charge in [-0.1, -0.05) is 26.2 Å². The van der Waals surface area contributed by atoms with Gasteiger partial charge in [-0.25, -0.2) is 4.79 Å². The molecule has 0 aliphatic carbocycles. The Morgan fingerprint density at radius 3 is 2.64 bits per heavy atom. The first-order chi connectivity index (χ1) is 6.81. The number of hydrogen-bond acceptors (Lipinski definition) is 3. The lowest BCUT2D eigenvalue weighted by molar-refractivity contribution is 0.0985. The maximum atomic E-state index is 11.0. The van der Waals surface area contributed by atoms with Crippen LogP contribution < -0.4 is 5.32 Å². The average Bonchev–Trinajstić information content (AvgIpc) is 2.18. The molecule has 0 spiro atoms. The SMILES string of the molecule is CCCCCCNC(=O)OCCOC. The van der Waals surface area contributed by atoms with Crippen molar-refractivity contribution in [3.8, 4) is 0 Å². The van der Waals surface area contributed by atoms with Gasteiger partial charge in [0.15, 0.2) is 0 Å². The van der Waals surface area contributed by atoms with Crippen molar-refractivity contribution < 1.29 is 14.3 Å². The highest BCUT2D eigenvalue weighted by Crippen LogP contribution is 1.96. The minimum Gasteiger partial charge on any atom is -0.447 e. The number of hydrogen-bond donors (Lipinski definition) is 1. The van der Waals surface area contributed by atoms with Crippen LogP contribution >= 0.6 is 0 Å². The van der Waals surface area contributed by atoms with Crippen molar-refractivity contribution in [2.75, 3.05) is 26.9 Å². The van der Waals surface area contributed by atoms with Crippen LogP contribution in [0, 0.1) is 0 Å². The first-order valence-electron chi connectivity index (χ1n) is 5.20. The molecule has 0 saturated heterocycles. The van der Waals surface area contributed by atoms with Crippen LogP contribution in [-0.4, -0.2) is 33.0 Å². The molecule has 0 radical (unpaired) electrons. The number of methoxy groups -OCH3 is 1. The molecule has 0 rings (SSSR count). The van der Waals surface area contributed by atoms with Crippen LogP contribution in [0.15, 0.2) is 0 Å². The molecule has 0 aliphatic rings. The van der Waals surface area contributed by atoms with Crippen LogP contribution in [0.3, 0.4) is 0 Å². The highest BCUT2D eigenvalue weighted by molar-refractivity contribution is 5.66. The molecule has 0 saturated carbocycles. The van der Waals surface area contributed by atoms with Crippen LogP contribution in [-0.2, 0) is 9.47 Å². The molecule has 0 bridgehead atoms. The Kier molecular flexibility index (Phi) is 9.74. The third kappa shape index (κ3) is 9.32. The molecule has 0 aliphatic heterocycles. The van der Waals surface area contributed by atoms with Crippen LogP contribution in [0.4, 0.5) is 4.79 Å². The Labute approximate surface area is 86.0 Å². The van der Waals surface area contributed by atoms with E-state index in [1.165, 1.54) is 12.8 Å². The van der Waals surface area contributed by atoms with Crippen molar-refractivity contribution in [1.82, 2.24) is 5.32 Å². The number of carbonyl (C=O) groups excluding carboxylic acids is 1. The van der Waals surface area contributed by atoms with E-state index >= 15 is 0 Å². The maximum Gasteiger partial charge on any atom is 0.407 e. The molecule has 0 aromatic rings. The number of carbonyl (C=O) groups is 1. The van der Waals surface area contributed by atoms with E-state index in [-0.39, 0.29) is 6.09 Å². The van der Waals surface area contributed by atoms with Crippen LogP contribution in [0.5, 0.6) is 0 Å². The minimum atomic E-state index is -0.349. The van der Waals surface area contributed by atoms with Gasteiger partial charge < -0.3 is 14.8 Å². The van der Waals surface area contributed by atoms with Crippen molar-refractivity contribution in [3.63, 3.8) is 0 Å². The second-order valence-electron chi connectivity index (χ2n) is 3.12. The van der Waals surface area contributed by atoms with E-state index in [9.17, 15) is 4.79 Å². The lowest BCUT2D eigenvalue weighted by Crippen LogP contribution is -2.26. The summed E-state index contributed by atoms with van der Waals surface area (Å²) in [4.78, 5) is 11.0. The lowest BCUT2D eigenvalue weighted by atomic mass is 10.2. The van der Waals surface area contributed by atoms with Crippen LogP contribution in [0.1, 0.15) is 32.6 Å². The van der Waals surface area contributed by atoms with Crippen molar-refractivity contribution in [3.05, 3.63) is 0 Å². The number of unbranched alkanes of at least 4 members (excludes halogenated alkanes) is 3. The Morgan fingerprint density at radius 1 is 1.21 bits per heavy atom. The van der Waals surface area contributed by atoms with Crippen LogP contribution in [0.2, 0.25) is 0 Å². The smallest absolute Gasteiger partial charge is 0.407 e. The first kappa shape index (κ1) is 13.2. The van der Waals surface area contributed by atoms with Gasteiger partial charge in [-0.2, -0.15) is 0 Å². The molecular weight excluding hydrogens is 182 g/mol. The highest BCUT2D eigenvalue weighted by Gasteiger charge is 1.99. The molecule has 84 valence electrons. The monoisotopic (exact) mass is 203 g/mol. The molecule has 1 amide bonds. The molecule has 0 aromatic carbocycles. The molecule has 0 fully saturated rings. The zero-order chi connectivity index (χ0) is 10.6. The van der Waals surface area contributed by atoms with Gasteiger partial charge in [-0.05, 0) is 6.42 Å². The molecule has 0 unspecified atom stereocenters. The summed E-state index contributed by atoms with van der Waals surface area (Å²) in [6.07, 6.45) is 4.26. The van der Waals surface area contributed by atoms with Gasteiger partial charge in [0.2, 0.25) is 0 Å². The van der Waals surface area contributed by atoms with Gasteiger partial charge in [-0.15, -0.1) is 0 Å². The summed E-state index contributed by atoms with van der Waals surface area (Å²) in [7, 11) is 1.58. The van der Waals surface area contributed by atoms with E-state index in [4.69, 9.17) is 9.47 Å². The third-order valence-electron chi connectivity index (χ3n) is 1.82. The van der Waals surface area contributed by atoms with Crippen molar-refractivity contribution in [1.29, 1.82) is 0 Å². The predicted octanol–water partition coefficient (Wildman–Crippen LogP) is 1.94. The Hall–Kier alpha value is -0.770. The minimum absolute atomic E-state index is 0.317. The van der Waals surface area contributed by atoms with E-state index in [0.717, 1.165) is 12.8 Å². The second kappa shape index (κ2) is 10.3. The van der Waals surface area contributed by atoms with Gasteiger partial charge in [0.05, 0.1) is 6.61 Å². The summed E-state index contributed by atoms with van der Waals surface area (Å²) in [6.45, 7) is 3.62. The van der Waals surface area contributed by atoms with Gasteiger partial charge >= 0.3 is 6.09 Å². The fourth-order valence-corrected chi connectivity index (χ4v) is 1.01. The Bertz CT molecular complexity index is 139. The van der Waals surface area contributed by atoms with E-state index in [2.05, 4.69) is 12.2 Å². The van der Waals surface area contributed by atoms with E-state index in [0.29, 0.717) is 19.8 Å². The average molecular weight is 203 g/mol. The maximum absolute atomic E-state index is 11.0. The topological polar surface area (TPSA) is 47.6 Å². The normalized spacial score (nSPS) is 9.86. The summed E-state index contributed by atoms with van der Waals surface area (Å²) >= 11 is 0. The molecule has 0 atom stereocenters. The van der Waals surface area contributed by atoms with Crippen molar-refractivity contribution in [2.45, 2.75) is 32.6 Å². The number of alkyl carbamates (subject to hydrolysis) is 1. The fraction of sp³-hybridized carbons (Fsp3) is 0.900. The Morgan fingerprint density at radius 2 is 2.00 bits per heavy atom. The van der Waals surface area contributed by atoms with Gasteiger partial charge in [0.25, 0.3) is 0 Å². The van der Waals surface area contributed by atoms with Crippen molar-refractivity contribution >= 4 is 6.09 Å². The molecule has 4 nitrogen and oxygen atoms in total. The highest BCUT2D eigenvalue weighted by atomic mass is 16.6. The Balaban J connectivity index is 3.10. The summed E-state index contributed by atoms with van der Waals surface area (Å²) in [5.74, 6) is 0. The summed E-state index contributed by atoms with van der Waals surface area (Å²) < 4.78 is 9.56. The number of rotatable bonds is 8. The quantitative estimate of drug-likeness (QED) is 0.613.